The molecule has 5 nitrogen and oxygen atoms in total. The van der Waals surface area contributed by atoms with Gasteiger partial charge in [0.15, 0.2) is 6.10 Å². The van der Waals surface area contributed by atoms with Crippen LogP contribution < -0.4 is 14.9 Å². The van der Waals surface area contributed by atoms with Gasteiger partial charge >= 0.3 is 0 Å². The maximum atomic E-state index is 12.3. The number of carbonyl (C=O) groups is 1. The second-order valence-corrected chi connectivity index (χ2v) is 7.55. The number of amides is 1. The maximum absolute atomic E-state index is 12.3. The van der Waals surface area contributed by atoms with E-state index in [1.165, 1.54) is 5.56 Å². The first-order chi connectivity index (χ1) is 14.9. The molecule has 0 saturated carbocycles. The maximum Gasteiger partial charge on any atom is 0.280 e. The van der Waals surface area contributed by atoms with E-state index in [2.05, 4.69) is 29.6 Å². The van der Waals surface area contributed by atoms with Crippen LogP contribution in [-0.2, 0) is 11.4 Å². The van der Waals surface area contributed by atoms with Gasteiger partial charge in [0.1, 0.15) is 18.1 Å². The highest BCUT2D eigenvalue weighted by molar-refractivity contribution is 5.86. The molecule has 0 radical (unpaired) electrons. The fourth-order valence-electron chi connectivity index (χ4n) is 3.26. The first-order valence-electron chi connectivity index (χ1n) is 10.3. The molecule has 1 atom stereocenters. The smallest absolute Gasteiger partial charge is 0.280 e. The lowest BCUT2D eigenvalue weighted by atomic mass is 10.0. The summed E-state index contributed by atoms with van der Waals surface area (Å²) >= 11 is 0. The van der Waals surface area contributed by atoms with Crippen molar-refractivity contribution < 1.29 is 14.3 Å². The third-order valence-corrected chi connectivity index (χ3v) is 4.86. The summed E-state index contributed by atoms with van der Waals surface area (Å²) in [4.78, 5) is 12.3. The van der Waals surface area contributed by atoms with E-state index in [-0.39, 0.29) is 5.91 Å². The molecular weight excluding hydrogens is 388 g/mol. The largest absolute Gasteiger partial charge is 0.489 e. The summed E-state index contributed by atoms with van der Waals surface area (Å²) in [6.07, 6.45) is 0.988. The Balaban J connectivity index is 1.50. The lowest BCUT2D eigenvalue weighted by Crippen LogP contribution is -2.33. The summed E-state index contributed by atoms with van der Waals surface area (Å²) in [6.45, 7) is 8.30. The van der Waals surface area contributed by atoms with Crippen LogP contribution in [0.5, 0.6) is 11.5 Å². The molecule has 0 fully saturated rings. The zero-order valence-electron chi connectivity index (χ0n) is 18.4. The molecule has 1 unspecified atom stereocenters. The first-order valence-corrected chi connectivity index (χ1v) is 10.3. The highest BCUT2D eigenvalue weighted by atomic mass is 16.5. The van der Waals surface area contributed by atoms with Gasteiger partial charge in [-0.05, 0) is 68.7 Å². The minimum atomic E-state index is -0.687. The Bertz CT molecular complexity index is 1020. The Kier molecular flexibility index (Phi) is 7.44. The number of aryl methyl sites for hydroxylation is 3. The molecule has 0 aliphatic carbocycles. The summed E-state index contributed by atoms with van der Waals surface area (Å²) in [6, 6.07) is 21.4. The lowest BCUT2D eigenvalue weighted by Gasteiger charge is -2.14. The number of benzene rings is 3. The Morgan fingerprint density at radius 3 is 2.23 bits per heavy atom. The Hall–Kier alpha value is -3.60. The van der Waals surface area contributed by atoms with Crippen LogP contribution in [0.2, 0.25) is 0 Å². The van der Waals surface area contributed by atoms with Crippen LogP contribution in [0.3, 0.4) is 0 Å². The first kappa shape index (κ1) is 22.1. The zero-order valence-corrected chi connectivity index (χ0v) is 18.4. The topological polar surface area (TPSA) is 59.9 Å². The molecule has 31 heavy (non-hydrogen) atoms. The number of carbonyl (C=O) groups excluding carboxylic acids is 1. The molecule has 0 spiro atoms. The van der Waals surface area contributed by atoms with Crippen molar-refractivity contribution in [1.82, 2.24) is 5.43 Å². The molecule has 5 heteroatoms. The molecule has 0 aliphatic heterocycles. The van der Waals surface area contributed by atoms with Crippen molar-refractivity contribution in [3.8, 4) is 11.5 Å². The van der Waals surface area contributed by atoms with E-state index in [1.807, 2.05) is 56.3 Å². The third-order valence-electron chi connectivity index (χ3n) is 4.86. The highest BCUT2D eigenvalue weighted by Crippen LogP contribution is 2.20. The molecular formula is C26H28N2O3. The van der Waals surface area contributed by atoms with Crippen LogP contribution in [0.15, 0.2) is 71.8 Å². The van der Waals surface area contributed by atoms with Crippen LogP contribution >= 0.6 is 0 Å². The van der Waals surface area contributed by atoms with Crippen molar-refractivity contribution in [2.75, 3.05) is 0 Å². The zero-order chi connectivity index (χ0) is 22.2. The number of ether oxygens (including phenoxy) is 2. The number of hydrazone groups is 1. The minimum Gasteiger partial charge on any atom is -0.489 e. The van der Waals surface area contributed by atoms with Crippen molar-refractivity contribution in [3.05, 3.63) is 94.5 Å². The number of hydrogen-bond acceptors (Lipinski definition) is 4. The molecule has 0 aromatic heterocycles. The van der Waals surface area contributed by atoms with Crippen molar-refractivity contribution in [2.45, 2.75) is 40.4 Å². The van der Waals surface area contributed by atoms with E-state index < -0.39 is 6.10 Å². The van der Waals surface area contributed by atoms with E-state index in [0.29, 0.717) is 12.4 Å². The molecule has 0 heterocycles. The van der Waals surface area contributed by atoms with Gasteiger partial charge < -0.3 is 9.47 Å². The lowest BCUT2D eigenvalue weighted by molar-refractivity contribution is -0.127. The van der Waals surface area contributed by atoms with Gasteiger partial charge in [-0.25, -0.2) is 5.43 Å². The summed E-state index contributed by atoms with van der Waals surface area (Å²) in [5, 5.41) is 4.10. The van der Waals surface area contributed by atoms with E-state index in [4.69, 9.17) is 9.47 Å². The van der Waals surface area contributed by atoms with Crippen LogP contribution in [0.25, 0.3) is 0 Å². The van der Waals surface area contributed by atoms with E-state index >= 15 is 0 Å². The predicted octanol–water partition coefficient (Wildman–Crippen LogP) is 5.11. The van der Waals surface area contributed by atoms with Gasteiger partial charge in [-0.2, -0.15) is 5.10 Å². The quantitative estimate of drug-likeness (QED) is 0.410. The van der Waals surface area contributed by atoms with Gasteiger partial charge in [-0.1, -0.05) is 48.0 Å². The molecule has 160 valence electrons. The average molecular weight is 417 g/mol. The standard InChI is InChI=1S/C26H28N2O3/c1-18-14-19(2)25(20(3)15-18)16-27-28-26(29)21(4)31-24-12-10-23(11-13-24)30-17-22-8-6-5-7-9-22/h5-16,21H,17H2,1-4H3,(H,28,29). The van der Waals surface area contributed by atoms with Gasteiger partial charge in [0.05, 0.1) is 6.21 Å². The SMILES string of the molecule is Cc1cc(C)c(C=NNC(=O)C(C)Oc2ccc(OCc3ccccc3)cc2)c(C)c1. The summed E-state index contributed by atoms with van der Waals surface area (Å²) in [5.74, 6) is 1.01. The Labute approximate surface area is 183 Å². The van der Waals surface area contributed by atoms with Gasteiger partial charge in [-0.15, -0.1) is 0 Å². The van der Waals surface area contributed by atoms with Gasteiger partial charge in [-0.3, -0.25) is 4.79 Å². The molecule has 0 aliphatic rings. The number of rotatable bonds is 8. The van der Waals surface area contributed by atoms with Crippen LogP contribution in [0.4, 0.5) is 0 Å². The van der Waals surface area contributed by atoms with Gasteiger partial charge in [0.25, 0.3) is 5.91 Å². The van der Waals surface area contributed by atoms with Crippen molar-refractivity contribution in [3.63, 3.8) is 0 Å². The van der Waals surface area contributed by atoms with Gasteiger partial charge in [0.2, 0.25) is 0 Å². The van der Waals surface area contributed by atoms with Crippen molar-refractivity contribution >= 4 is 12.1 Å². The summed E-state index contributed by atoms with van der Waals surface area (Å²) in [5.41, 5.74) is 8.10. The second-order valence-electron chi connectivity index (χ2n) is 7.55. The predicted molar refractivity (Wildman–Crippen MR) is 124 cm³/mol. The fourth-order valence-corrected chi connectivity index (χ4v) is 3.26. The second kappa shape index (κ2) is 10.4. The van der Waals surface area contributed by atoms with Crippen LogP contribution in [-0.4, -0.2) is 18.2 Å². The molecule has 0 bridgehead atoms. The molecule has 3 aromatic rings. The van der Waals surface area contributed by atoms with E-state index in [9.17, 15) is 4.79 Å². The number of nitrogens with one attached hydrogen (secondary N) is 1. The normalized spacial score (nSPS) is 11.9. The van der Waals surface area contributed by atoms with Gasteiger partial charge in [0, 0.05) is 5.56 Å². The highest BCUT2D eigenvalue weighted by Gasteiger charge is 2.14. The van der Waals surface area contributed by atoms with E-state index in [1.54, 1.807) is 25.3 Å². The van der Waals surface area contributed by atoms with Crippen LogP contribution in [0, 0.1) is 20.8 Å². The monoisotopic (exact) mass is 416 g/mol. The number of hydrogen-bond donors (Lipinski definition) is 1. The van der Waals surface area contributed by atoms with Crippen molar-refractivity contribution in [2.24, 2.45) is 5.10 Å². The molecule has 1 amide bonds. The molecule has 1 N–H and O–H groups in total. The summed E-state index contributed by atoms with van der Waals surface area (Å²) < 4.78 is 11.5. The third kappa shape index (κ3) is 6.44. The van der Waals surface area contributed by atoms with Crippen LogP contribution in [0.1, 0.15) is 34.7 Å². The molecule has 0 saturated heterocycles. The fraction of sp³-hybridized carbons (Fsp3) is 0.231. The Morgan fingerprint density at radius 2 is 1.58 bits per heavy atom. The summed E-state index contributed by atoms with van der Waals surface area (Å²) in [7, 11) is 0. The number of nitrogens with zero attached hydrogens (tertiary/aromatic N) is 1. The Morgan fingerprint density at radius 1 is 0.968 bits per heavy atom. The average Bonchev–Trinajstić information content (AvgIpc) is 2.75. The van der Waals surface area contributed by atoms with E-state index in [0.717, 1.165) is 28.0 Å². The van der Waals surface area contributed by atoms with Crippen molar-refractivity contribution in [1.29, 1.82) is 0 Å². The minimum absolute atomic E-state index is 0.317. The molecule has 3 aromatic carbocycles. The molecule has 3 rings (SSSR count).